The van der Waals surface area contributed by atoms with Crippen LogP contribution in [0.2, 0.25) is 0 Å². The van der Waals surface area contributed by atoms with E-state index in [2.05, 4.69) is 6.58 Å². The molecule has 0 bridgehead atoms. The number of phenolic OH excluding ortho intramolecular Hbond substituents is 1. The quantitative estimate of drug-likeness (QED) is 0.845. The van der Waals surface area contributed by atoms with Gasteiger partial charge in [-0.25, -0.2) is 0 Å². The maximum Gasteiger partial charge on any atom is 0.229 e. The van der Waals surface area contributed by atoms with Crippen molar-refractivity contribution in [1.29, 1.82) is 0 Å². The fourth-order valence-electron chi connectivity index (χ4n) is 2.60. The summed E-state index contributed by atoms with van der Waals surface area (Å²) in [5, 5.41) is 10.0. The monoisotopic (exact) mass is 286 g/mol. The molecule has 0 aromatic heterocycles. The van der Waals surface area contributed by atoms with Crippen LogP contribution in [0.3, 0.4) is 0 Å². The molecule has 0 radical (unpaired) electrons. The van der Waals surface area contributed by atoms with Gasteiger partial charge in [-0.3, -0.25) is 9.59 Å². The first-order valence-corrected chi connectivity index (χ1v) is 6.49. The number of aromatic hydroxyl groups is 1. The van der Waals surface area contributed by atoms with Gasteiger partial charge in [0.2, 0.25) is 5.78 Å². The van der Waals surface area contributed by atoms with Crippen LogP contribution in [0.15, 0.2) is 35.6 Å². The molecule has 0 fully saturated rings. The van der Waals surface area contributed by atoms with E-state index in [1.54, 1.807) is 6.92 Å². The van der Waals surface area contributed by atoms with E-state index >= 15 is 0 Å². The Labute approximate surface area is 121 Å². The number of benzene rings is 1. The smallest absolute Gasteiger partial charge is 0.229 e. The molecular formula is C16H14O5. The van der Waals surface area contributed by atoms with Crippen LogP contribution in [0.1, 0.15) is 34.1 Å². The molecule has 0 saturated heterocycles. The lowest BCUT2D eigenvalue weighted by Crippen LogP contribution is -2.20. The number of fused-ring (bicyclic) bond motifs is 1. The van der Waals surface area contributed by atoms with E-state index in [9.17, 15) is 14.7 Å². The standard InChI is InChI=1S/C16H14O5/c1-7(2)12-6-10-14(18)13-9(15(19)16(10)21-12)4-8(20-3)5-11(13)17/h4-5,12,17H,1,6H2,2-3H3/t12-/m0/s1. The number of carbonyl (C=O) groups is 2. The van der Waals surface area contributed by atoms with E-state index in [0.717, 1.165) is 5.57 Å². The number of carbonyl (C=O) groups excluding carboxylic acids is 2. The van der Waals surface area contributed by atoms with Crippen molar-refractivity contribution in [2.45, 2.75) is 19.4 Å². The first-order valence-electron chi connectivity index (χ1n) is 6.49. The van der Waals surface area contributed by atoms with Crippen LogP contribution >= 0.6 is 0 Å². The molecule has 0 amide bonds. The molecule has 1 atom stereocenters. The Hall–Kier alpha value is -2.56. The van der Waals surface area contributed by atoms with Gasteiger partial charge in [0, 0.05) is 18.1 Å². The number of phenols is 1. The lowest BCUT2D eigenvalue weighted by Gasteiger charge is -2.17. The lowest BCUT2D eigenvalue weighted by atomic mass is 9.86. The third-order valence-corrected chi connectivity index (χ3v) is 3.75. The molecule has 1 aromatic rings. The van der Waals surface area contributed by atoms with E-state index in [1.165, 1.54) is 19.2 Å². The van der Waals surface area contributed by atoms with E-state index in [0.29, 0.717) is 17.7 Å². The summed E-state index contributed by atoms with van der Waals surface area (Å²) < 4.78 is 10.6. The van der Waals surface area contributed by atoms with Gasteiger partial charge in [-0.15, -0.1) is 0 Å². The average Bonchev–Trinajstić information content (AvgIpc) is 2.89. The van der Waals surface area contributed by atoms with Gasteiger partial charge in [0.1, 0.15) is 17.6 Å². The minimum absolute atomic E-state index is 0.0190. The molecule has 21 heavy (non-hydrogen) atoms. The van der Waals surface area contributed by atoms with Crippen LogP contribution in [-0.4, -0.2) is 29.9 Å². The highest BCUT2D eigenvalue weighted by Gasteiger charge is 2.42. The third-order valence-electron chi connectivity index (χ3n) is 3.75. The van der Waals surface area contributed by atoms with E-state index in [1.807, 2.05) is 0 Å². The molecule has 1 aromatic carbocycles. The molecule has 3 rings (SSSR count). The van der Waals surface area contributed by atoms with Gasteiger partial charge >= 0.3 is 0 Å². The largest absolute Gasteiger partial charge is 0.507 e. The van der Waals surface area contributed by atoms with Crippen LogP contribution in [0.25, 0.3) is 0 Å². The number of allylic oxidation sites excluding steroid dienone is 1. The van der Waals surface area contributed by atoms with Crippen molar-refractivity contribution in [2.75, 3.05) is 7.11 Å². The van der Waals surface area contributed by atoms with Crippen LogP contribution < -0.4 is 4.74 Å². The number of ketones is 2. The van der Waals surface area contributed by atoms with Crippen LogP contribution in [0.4, 0.5) is 0 Å². The molecule has 1 heterocycles. The SMILES string of the molecule is C=C(C)[C@@H]1CC2=C(O1)C(=O)c1cc(OC)cc(O)c1C2=O. The number of hydrogen-bond acceptors (Lipinski definition) is 5. The zero-order valence-electron chi connectivity index (χ0n) is 11.7. The van der Waals surface area contributed by atoms with E-state index < -0.39 is 5.78 Å². The maximum absolute atomic E-state index is 12.5. The first kappa shape index (κ1) is 13.4. The number of ether oxygens (including phenoxy) is 2. The predicted octanol–water partition coefficient (Wildman–Crippen LogP) is 2.40. The van der Waals surface area contributed by atoms with E-state index in [4.69, 9.17) is 9.47 Å². The van der Waals surface area contributed by atoms with Crippen molar-refractivity contribution in [3.8, 4) is 11.5 Å². The second-order valence-electron chi connectivity index (χ2n) is 5.19. The molecule has 1 aliphatic heterocycles. The summed E-state index contributed by atoms with van der Waals surface area (Å²) in [7, 11) is 1.42. The Morgan fingerprint density at radius 2 is 2.10 bits per heavy atom. The summed E-state index contributed by atoms with van der Waals surface area (Å²) in [6.07, 6.45) is -0.0681. The van der Waals surface area contributed by atoms with E-state index in [-0.39, 0.29) is 34.5 Å². The summed E-state index contributed by atoms with van der Waals surface area (Å²) in [6, 6.07) is 2.76. The molecule has 108 valence electrons. The first-order chi connectivity index (χ1) is 9.93. The second kappa shape index (κ2) is 4.48. The number of Topliss-reactive ketones (excluding diaryl/α,β-unsaturated/α-hetero) is 2. The number of methoxy groups -OCH3 is 1. The fraction of sp³-hybridized carbons (Fsp3) is 0.250. The zero-order valence-corrected chi connectivity index (χ0v) is 11.7. The molecule has 1 aliphatic carbocycles. The molecule has 5 heteroatoms. The second-order valence-corrected chi connectivity index (χ2v) is 5.19. The Morgan fingerprint density at radius 1 is 1.38 bits per heavy atom. The lowest BCUT2D eigenvalue weighted by molar-refractivity contribution is 0.0874. The minimum Gasteiger partial charge on any atom is -0.507 e. The Morgan fingerprint density at radius 3 is 2.71 bits per heavy atom. The molecule has 0 saturated carbocycles. The highest BCUT2D eigenvalue weighted by molar-refractivity contribution is 6.27. The van der Waals surface area contributed by atoms with Gasteiger partial charge in [-0.2, -0.15) is 0 Å². The Kier molecular flexibility index (Phi) is 2.86. The van der Waals surface area contributed by atoms with Crippen molar-refractivity contribution in [1.82, 2.24) is 0 Å². The molecule has 0 unspecified atom stereocenters. The molecule has 5 nitrogen and oxygen atoms in total. The molecule has 0 spiro atoms. The molecule has 2 aliphatic rings. The van der Waals surface area contributed by atoms with Crippen molar-refractivity contribution in [3.63, 3.8) is 0 Å². The fourth-order valence-corrected chi connectivity index (χ4v) is 2.60. The summed E-state index contributed by atoms with van der Waals surface area (Å²) in [5.41, 5.74) is 1.18. The van der Waals surface area contributed by atoms with Crippen molar-refractivity contribution >= 4 is 11.6 Å². The van der Waals surface area contributed by atoms with Gasteiger partial charge in [-0.1, -0.05) is 6.58 Å². The van der Waals surface area contributed by atoms with Gasteiger partial charge in [-0.05, 0) is 18.6 Å². The molecule has 1 N–H and O–H groups in total. The number of rotatable bonds is 2. The predicted molar refractivity (Wildman–Crippen MR) is 74.6 cm³/mol. The van der Waals surface area contributed by atoms with Crippen LogP contribution in [0.5, 0.6) is 11.5 Å². The van der Waals surface area contributed by atoms with Gasteiger partial charge in [0.25, 0.3) is 0 Å². The van der Waals surface area contributed by atoms with Crippen LogP contribution in [-0.2, 0) is 4.74 Å². The topological polar surface area (TPSA) is 72.8 Å². The Bertz CT molecular complexity index is 726. The minimum atomic E-state index is -0.405. The normalized spacial score (nSPS) is 20.0. The third kappa shape index (κ3) is 1.85. The summed E-state index contributed by atoms with van der Waals surface area (Å²) in [4.78, 5) is 25.0. The van der Waals surface area contributed by atoms with Crippen LogP contribution in [0, 0.1) is 0 Å². The van der Waals surface area contributed by atoms with Gasteiger partial charge in [0.05, 0.1) is 18.2 Å². The van der Waals surface area contributed by atoms with Crippen molar-refractivity contribution in [2.24, 2.45) is 0 Å². The molecular weight excluding hydrogens is 272 g/mol. The van der Waals surface area contributed by atoms with Crippen molar-refractivity contribution < 1.29 is 24.2 Å². The highest BCUT2D eigenvalue weighted by atomic mass is 16.5. The zero-order chi connectivity index (χ0) is 15.3. The Balaban J connectivity index is 2.13. The maximum atomic E-state index is 12.5. The highest BCUT2D eigenvalue weighted by Crippen LogP contribution is 2.41. The van der Waals surface area contributed by atoms with Gasteiger partial charge < -0.3 is 14.6 Å². The average molecular weight is 286 g/mol. The van der Waals surface area contributed by atoms with Crippen molar-refractivity contribution in [3.05, 3.63) is 46.7 Å². The summed E-state index contributed by atoms with van der Waals surface area (Å²) in [5.74, 6) is -0.659. The summed E-state index contributed by atoms with van der Waals surface area (Å²) in [6.45, 7) is 5.58. The summed E-state index contributed by atoms with van der Waals surface area (Å²) >= 11 is 0. The van der Waals surface area contributed by atoms with Gasteiger partial charge in [0.15, 0.2) is 11.5 Å². The number of hydrogen-bond donors (Lipinski definition) is 1.